The van der Waals surface area contributed by atoms with Crippen LogP contribution in [0.25, 0.3) is 0 Å². The molecule has 22 heavy (non-hydrogen) atoms. The molecule has 0 radical (unpaired) electrons. The van der Waals surface area contributed by atoms with Gasteiger partial charge in [0.1, 0.15) is 0 Å². The zero-order valence-corrected chi connectivity index (χ0v) is 13.5. The standard InChI is InChI=1S/C21H26O/c1-19(10-8-16-20-12-4-2-5-13-20)11-9-17-22-18-21-14-6-3-7-15-21/h2-7,10,12-15H,8-9,11,16-18H2,1H3/b19-10-. The zero-order valence-electron chi connectivity index (χ0n) is 13.5. The Morgan fingerprint density at radius 1 is 0.909 bits per heavy atom. The molecule has 0 atom stereocenters. The number of rotatable bonds is 9. The summed E-state index contributed by atoms with van der Waals surface area (Å²) in [5.74, 6) is 0. The van der Waals surface area contributed by atoms with Gasteiger partial charge in [-0.2, -0.15) is 0 Å². The van der Waals surface area contributed by atoms with E-state index < -0.39 is 0 Å². The van der Waals surface area contributed by atoms with Crippen molar-refractivity contribution in [3.05, 3.63) is 83.4 Å². The summed E-state index contributed by atoms with van der Waals surface area (Å²) in [6, 6.07) is 21.0. The van der Waals surface area contributed by atoms with Crippen molar-refractivity contribution in [2.45, 2.75) is 39.2 Å². The molecule has 2 aromatic carbocycles. The molecule has 116 valence electrons. The van der Waals surface area contributed by atoms with Crippen molar-refractivity contribution in [3.8, 4) is 0 Å². The maximum Gasteiger partial charge on any atom is 0.0716 e. The summed E-state index contributed by atoms with van der Waals surface area (Å²) in [6.45, 7) is 3.78. The van der Waals surface area contributed by atoms with Gasteiger partial charge in [-0.25, -0.2) is 0 Å². The minimum atomic E-state index is 0.720. The number of ether oxygens (including phenoxy) is 1. The lowest BCUT2D eigenvalue weighted by molar-refractivity contribution is 0.118. The molecule has 1 heteroatoms. The number of benzene rings is 2. The maximum absolute atomic E-state index is 5.72. The van der Waals surface area contributed by atoms with Crippen LogP contribution >= 0.6 is 0 Å². The highest BCUT2D eigenvalue weighted by atomic mass is 16.5. The molecule has 0 N–H and O–H groups in total. The molecule has 0 aromatic heterocycles. The second-order valence-electron chi connectivity index (χ2n) is 5.72. The largest absolute Gasteiger partial charge is 0.377 e. The van der Waals surface area contributed by atoms with E-state index in [0.717, 1.165) is 38.9 Å². The fraction of sp³-hybridized carbons (Fsp3) is 0.333. The van der Waals surface area contributed by atoms with E-state index in [9.17, 15) is 0 Å². The van der Waals surface area contributed by atoms with Gasteiger partial charge in [0.25, 0.3) is 0 Å². The molecule has 0 fully saturated rings. The highest BCUT2D eigenvalue weighted by Crippen LogP contribution is 2.09. The Balaban J connectivity index is 1.55. The Kier molecular flexibility index (Phi) is 7.48. The summed E-state index contributed by atoms with van der Waals surface area (Å²) in [4.78, 5) is 0. The number of hydrogen-bond donors (Lipinski definition) is 0. The minimum Gasteiger partial charge on any atom is -0.377 e. The van der Waals surface area contributed by atoms with Crippen molar-refractivity contribution in [3.63, 3.8) is 0 Å². The average molecular weight is 294 g/mol. The molecular formula is C21H26O. The van der Waals surface area contributed by atoms with Crippen LogP contribution in [-0.4, -0.2) is 6.61 Å². The monoisotopic (exact) mass is 294 g/mol. The van der Waals surface area contributed by atoms with Gasteiger partial charge < -0.3 is 4.74 Å². The van der Waals surface area contributed by atoms with Crippen LogP contribution in [0, 0.1) is 0 Å². The molecule has 2 aromatic rings. The van der Waals surface area contributed by atoms with Crippen LogP contribution in [0.15, 0.2) is 72.3 Å². The van der Waals surface area contributed by atoms with Gasteiger partial charge in [-0.15, -0.1) is 0 Å². The molecule has 0 heterocycles. The quantitative estimate of drug-likeness (QED) is 0.434. The summed E-state index contributed by atoms with van der Waals surface area (Å²) in [7, 11) is 0. The van der Waals surface area contributed by atoms with Gasteiger partial charge in [0.05, 0.1) is 6.61 Å². The van der Waals surface area contributed by atoms with Gasteiger partial charge in [-0.3, -0.25) is 0 Å². The molecule has 0 amide bonds. The molecule has 0 spiro atoms. The lowest BCUT2D eigenvalue weighted by Gasteiger charge is -2.05. The van der Waals surface area contributed by atoms with Crippen molar-refractivity contribution >= 4 is 0 Å². The second-order valence-corrected chi connectivity index (χ2v) is 5.72. The van der Waals surface area contributed by atoms with E-state index in [4.69, 9.17) is 4.74 Å². The average Bonchev–Trinajstić information content (AvgIpc) is 2.56. The first-order chi connectivity index (χ1) is 10.8. The zero-order chi connectivity index (χ0) is 15.5. The lowest BCUT2D eigenvalue weighted by Crippen LogP contribution is -1.95. The van der Waals surface area contributed by atoms with Gasteiger partial charge >= 0.3 is 0 Å². The van der Waals surface area contributed by atoms with E-state index in [-0.39, 0.29) is 0 Å². The van der Waals surface area contributed by atoms with E-state index in [1.54, 1.807) is 0 Å². The van der Waals surface area contributed by atoms with Crippen LogP contribution in [0.1, 0.15) is 37.3 Å². The van der Waals surface area contributed by atoms with Crippen LogP contribution in [0.3, 0.4) is 0 Å². The SMILES string of the molecule is C/C(=C/CCc1ccccc1)CCCOCc1ccccc1. The van der Waals surface area contributed by atoms with Gasteiger partial charge in [0.15, 0.2) is 0 Å². The fourth-order valence-electron chi connectivity index (χ4n) is 2.45. The summed E-state index contributed by atoms with van der Waals surface area (Å²) in [5, 5.41) is 0. The molecule has 0 unspecified atom stereocenters. The molecule has 0 aliphatic rings. The Labute approximate surface area is 134 Å². The predicted octanol–water partition coefficient (Wildman–Crippen LogP) is 5.56. The number of aryl methyl sites for hydroxylation is 1. The Morgan fingerprint density at radius 2 is 1.55 bits per heavy atom. The van der Waals surface area contributed by atoms with Crippen LogP contribution in [0.2, 0.25) is 0 Å². The van der Waals surface area contributed by atoms with E-state index in [1.807, 2.05) is 6.07 Å². The van der Waals surface area contributed by atoms with Gasteiger partial charge in [-0.1, -0.05) is 72.3 Å². The Hall–Kier alpha value is -1.86. The van der Waals surface area contributed by atoms with Gasteiger partial charge in [-0.05, 0) is 43.7 Å². The van der Waals surface area contributed by atoms with Crippen molar-refractivity contribution < 1.29 is 4.74 Å². The normalized spacial score (nSPS) is 11.6. The smallest absolute Gasteiger partial charge is 0.0716 e. The fourth-order valence-corrected chi connectivity index (χ4v) is 2.45. The van der Waals surface area contributed by atoms with Gasteiger partial charge in [0.2, 0.25) is 0 Å². The third kappa shape index (κ3) is 6.73. The van der Waals surface area contributed by atoms with Crippen LogP contribution < -0.4 is 0 Å². The number of hydrogen-bond acceptors (Lipinski definition) is 1. The summed E-state index contributed by atoms with van der Waals surface area (Å²) >= 11 is 0. The molecule has 0 saturated heterocycles. The molecule has 0 aliphatic heterocycles. The Bertz CT molecular complexity index is 543. The summed E-state index contributed by atoms with van der Waals surface area (Å²) in [6.07, 6.45) is 6.84. The topological polar surface area (TPSA) is 9.23 Å². The van der Waals surface area contributed by atoms with Crippen LogP contribution in [0.4, 0.5) is 0 Å². The van der Waals surface area contributed by atoms with Crippen molar-refractivity contribution in [2.24, 2.45) is 0 Å². The lowest BCUT2D eigenvalue weighted by atomic mass is 10.1. The first-order valence-corrected chi connectivity index (χ1v) is 8.16. The maximum atomic E-state index is 5.72. The molecule has 0 saturated carbocycles. The molecule has 1 nitrogen and oxygen atoms in total. The number of allylic oxidation sites excluding steroid dienone is 2. The summed E-state index contributed by atoms with van der Waals surface area (Å²) < 4.78 is 5.72. The van der Waals surface area contributed by atoms with Gasteiger partial charge in [0, 0.05) is 6.61 Å². The van der Waals surface area contributed by atoms with Crippen molar-refractivity contribution in [1.29, 1.82) is 0 Å². The van der Waals surface area contributed by atoms with E-state index in [2.05, 4.69) is 67.6 Å². The van der Waals surface area contributed by atoms with E-state index >= 15 is 0 Å². The van der Waals surface area contributed by atoms with Crippen molar-refractivity contribution in [1.82, 2.24) is 0 Å². The molecular weight excluding hydrogens is 268 g/mol. The third-order valence-electron chi connectivity index (χ3n) is 3.74. The van der Waals surface area contributed by atoms with E-state index in [0.29, 0.717) is 0 Å². The molecule has 2 rings (SSSR count). The Morgan fingerprint density at radius 3 is 2.23 bits per heavy atom. The highest BCUT2D eigenvalue weighted by molar-refractivity contribution is 5.15. The van der Waals surface area contributed by atoms with Crippen LogP contribution in [0.5, 0.6) is 0 Å². The first-order valence-electron chi connectivity index (χ1n) is 8.16. The van der Waals surface area contributed by atoms with E-state index in [1.165, 1.54) is 16.7 Å². The van der Waals surface area contributed by atoms with Crippen molar-refractivity contribution in [2.75, 3.05) is 6.61 Å². The second kappa shape index (κ2) is 9.97. The third-order valence-corrected chi connectivity index (χ3v) is 3.74. The summed E-state index contributed by atoms with van der Waals surface area (Å²) in [5.41, 5.74) is 4.13. The highest BCUT2D eigenvalue weighted by Gasteiger charge is 1.95. The molecule has 0 bridgehead atoms. The first kappa shape index (κ1) is 16.5. The molecule has 0 aliphatic carbocycles. The predicted molar refractivity (Wildman–Crippen MR) is 93.9 cm³/mol. The van der Waals surface area contributed by atoms with Crippen LogP contribution in [-0.2, 0) is 17.8 Å². The minimum absolute atomic E-state index is 0.720.